The van der Waals surface area contributed by atoms with Gasteiger partial charge in [0.25, 0.3) is 5.91 Å². The van der Waals surface area contributed by atoms with Gasteiger partial charge in [-0.05, 0) is 44.7 Å². The van der Waals surface area contributed by atoms with Gasteiger partial charge in [0.2, 0.25) is 15.9 Å². The zero-order valence-corrected chi connectivity index (χ0v) is 16.6. The molecule has 148 valence electrons. The number of hydrogen-bond acceptors (Lipinski definition) is 5. The first-order valence-electron chi connectivity index (χ1n) is 9.13. The summed E-state index contributed by atoms with van der Waals surface area (Å²) in [6, 6.07) is 2.30. The molecule has 1 saturated heterocycles. The molecule has 1 fully saturated rings. The number of anilines is 1. The fourth-order valence-electron chi connectivity index (χ4n) is 3.35. The van der Waals surface area contributed by atoms with E-state index in [9.17, 15) is 18.0 Å². The van der Waals surface area contributed by atoms with Gasteiger partial charge in [0, 0.05) is 18.7 Å². The molecule has 0 aliphatic carbocycles. The topological polar surface area (TPSA) is 105 Å². The Kier molecular flexibility index (Phi) is 5.43. The maximum Gasteiger partial charge on any atom is 0.262 e. The Bertz CT molecular complexity index is 868. The summed E-state index contributed by atoms with van der Waals surface area (Å²) >= 11 is 0. The molecule has 2 atom stereocenters. The van der Waals surface area contributed by atoms with Crippen LogP contribution in [-0.4, -0.2) is 49.8 Å². The van der Waals surface area contributed by atoms with E-state index in [-0.39, 0.29) is 29.4 Å². The fraction of sp³-hybridized carbons (Fsp3) is 0.556. The van der Waals surface area contributed by atoms with Crippen molar-refractivity contribution in [1.82, 2.24) is 9.62 Å². The summed E-state index contributed by atoms with van der Waals surface area (Å²) in [6.45, 7) is 5.67. The first-order valence-corrected chi connectivity index (χ1v) is 10.6. The fourth-order valence-corrected chi connectivity index (χ4v) is 5.23. The predicted molar refractivity (Wildman–Crippen MR) is 100 cm³/mol. The van der Waals surface area contributed by atoms with Gasteiger partial charge in [-0.25, -0.2) is 8.42 Å². The highest BCUT2D eigenvalue weighted by molar-refractivity contribution is 7.89. The summed E-state index contributed by atoms with van der Waals surface area (Å²) in [5.74, 6) is -0.220. The number of hydrogen-bond donors (Lipinski definition) is 2. The van der Waals surface area contributed by atoms with Crippen molar-refractivity contribution in [3.05, 3.63) is 17.7 Å². The van der Waals surface area contributed by atoms with E-state index in [0.717, 1.165) is 6.42 Å². The average molecular weight is 395 g/mol. The number of ether oxygens (including phenoxy) is 1. The highest BCUT2D eigenvalue weighted by Crippen LogP contribution is 2.35. The minimum Gasteiger partial charge on any atom is -0.482 e. The second-order valence-corrected chi connectivity index (χ2v) is 8.90. The van der Waals surface area contributed by atoms with E-state index in [4.69, 9.17) is 4.74 Å². The number of nitrogens with zero attached hydrogens (tertiary/aromatic N) is 1. The number of fused-ring (bicyclic) bond motifs is 1. The summed E-state index contributed by atoms with van der Waals surface area (Å²) in [5, 5.41) is 5.54. The molecule has 2 N–H and O–H groups in total. The molecule has 3 rings (SSSR count). The van der Waals surface area contributed by atoms with Crippen LogP contribution in [0, 0.1) is 6.92 Å². The van der Waals surface area contributed by atoms with Crippen molar-refractivity contribution in [2.24, 2.45) is 0 Å². The number of aryl methyl sites for hydroxylation is 1. The largest absolute Gasteiger partial charge is 0.482 e. The molecule has 2 aliphatic rings. The van der Waals surface area contributed by atoms with Crippen LogP contribution in [0.2, 0.25) is 0 Å². The zero-order chi connectivity index (χ0) is 19.8. The van der Waals surface area contributed by atoms with Crippen LogP contribution in [0.25, 0.3) is 0 Å². The number of nitrogens with one attached hydrogen (secondary N) is 2. The minimum absolute atomic E-state index is 0.00912. The molecule has 2 aliphatic heterocycles. The predicted octanol–water partition coefficient (Wildman–Crippen LogP) is 1.39. The van der Waals surface area contributed by atoms with E-state index in [1.807, 2.05) is 13.8 Å². The van der Waals surface area contributed by atoms with Gasteiger partial charge in [0.05, 0.1) is 10.6 Å². The van der Waals surface area contributed by atoms with Gasteiger partial charge in [0.1, 0.15) is 11.8 Å². The van der Waals surface area contributed by atoms with E-state index >= 15 is 0 Å². The Morgan fingerprint density at radius 3 is 2.89 bits per heavy atom. The number of rotatable bonds is 5. The van der Waals surface area contributed by atoms with Gasteiger partial charge in [-0.2, -0.15) is 4.31 Å². The van der Waals surface area contributed by atoms with Crippen molar-refractivity contribution < 1.29 is 22.7 Å². The maximum atomic E-state index is 13.3. The van der Waals surface area contributed by atoms with Crippen LogP contribution in [0.5, 0.6) is 5.75 Å². The van der Waals surface area contributed by atoms with Crippen LogP contribution in [0.3, 0.4) is 0 Å². The number of sulfonamides is 1. The van der Waals surface area contributed by atoms with Crippen molar-refractivity contribution >= 4 is 27.5 Å². The van der Waals surface area contributed by atoms with Gasteiger partial charge in [-0.15, -0.1) is 0 Å². The lowest BCUT2D eigenvalue weighted by molar-refractivity contribution is -0.124. The third-order valence-electron chi connectivity index (χ3n) is 5.00. The molecule has 0 spiro atoms. The van der Waals surface area contributed by atoms with Crippen molar-refractivity contribution in [3.8, 4) is 5.75 Å². The third kappa shape index (κ3) is 3.79. The van der Waals surface area contributed by atoms with E-state index in [1.54, 1.807) is 13.0 Å². The van der Waals surface area contributed by atoms with Gasteiger partial charge in [-0.1, -0.05) is 6.92 Å². The van der Waals surface area contributed by atoms with Gasteiger partial charge < -0.3 is 15.4 Å². The number of carbonyl (C=O) groups is 2. The van der Waals surface area contributed by atoms with Crippen molar-refractivity contribution in [2.75, 3.05) is 18.5 Å². The summed E-state index contributed by atoms with van der Waals surface area (Å²) in [4.78, 5) is 24.1. The monoisotopic (exact) mass is 395 g/mol. The number of amides is 2. The van der Waals surface area contributed by atoms with Crippen LogP contribution in [0.15, 0.2) is 17.0 Å². The zero-order valence-electron chi connectivity index (χ0n) is 15.7. The molecule has 8 nitrogen and oxygen atoms in total. The van der Waals surface area contributed by atoms with Crippen LogP contribution < -0.4 is 15.4 Å². The van der Waals surface area contributed by atoms with E-state index < -0.39 is 16.1 Å². The summed E-state index contributed by atoms with van der Waals surface area (Å²) in [7, 11) is -3.87. The van der Waals surface area contributed by atoms with Crippen LogP contribution >= 0.6 is 0 Å². The van der Waals surface area contributed by atoms with Crippen LogP contribution in [-0.2, 0) is 19.6 Å². The third-order valence-corrected chi connectivity index (χ3v) is 7.05. The normalized spacial score (nSPS) is 21.1. The molecule has 27 heavy (non-hydrogen) atoms. The average Bonchev–Trinajstić information content (AvgIpc) is 3.11. The van der Waals surface area contributed by atoms with E-state index in [1.165, 1.54) is 10.4 Å². The molecule has 0 aromatic heterocycles. The number of benzene rings is 1. The maximum absolute atomic E-state index is 13.3. The van der Waals surface area contributed by atoms with Crippen LogP contribution in [0.4, 0.5) is 5.69 Å². The molecule has 1 aromatic rings. The smallest absolute Gasteiger partial charge is 0.262 e. The summed E-state index contributed by atoms with van der Waals surface area (Å²) in [6.07, 6.45) is 1.91. The van der Waals surface area contributed by atoms with E-state index in [0.29, 0.717) is 36.4 Å². The lowest BCUT2D eigenvalue weighted by Gasteiger charge is -2.26. The highest BCUT2D eigenvalue weighted by atomic mass is 32.2. The minimum atomic E-state index is -3.87. The SMILES string of the molecule is CCC(C)NC(=O)C1CCCN1S(=O)(=O)c1cc2c(cc1C)NC(=O)CO2. The molecular formula is C18H25N3O5S. The molecule has 0 bridgehead atoms. The lowest BCUT2D eigenvalue weighted by atomic mass is 10.2. The molecule has 2 heterocycles. The van der Waals surface area contributed by atoms with Gasteiger partial charge in [0.15, 0.2) is 6.61 Å². The first kappa shape index (κ1) is 19.6. The highest BCUT2D eigenvalue weighted by Gasteiger charge is 2.40. The Labute approximate surface area is 159 Å². The first-order chi connectivity index (χ1) is 12.7. The Morgan fingerprint density at radius 1 is 1.44 bits per heavy atom. The van der Waals surface area contributed by atoms with Crippen molar-refractivity contribution in [3.63, 3.8) is 0 Å². The number of carbonyl (C=O) groups excluding carboxylic acids is 2. The quantitative estimate of drug-likeness (QED) is 0.784. The Balaban J connectivity index is 1.91. The summed E-state index contributed by atoms with van der Waals surface area (Å²) in [5.41, 5.74) is 0.947. The molecule has 2 amide bonds. The molecule has 2 unspecified atom stereocenters. The molecule has 0 radical (unpaired) electrons. The molecular weight excluding hydrogens is 370 g/mol. The Morgan fingerprint density at radius 2 is 2.19 bits per heavy atom. The van der Waals surface area contributed by atoms with Crippen molar-refractivity contribution in [2.45, 2.75) is 57.0 Å². The molecule has 1 aromatic carbocycles. The second kappa shape index (κ2) is 7.47. The summed E-state index contributed by atoms with van der Waals surface area (Å²) < 4.78 is 33.2. The molecule has 9 heteroatoms. The molecule has 0 saturated carbocycles. The van der Waals surface area contributed by atoms with Crippen molar-refractivity contribution in [1.29, 1.82) is 0 Å². The standard InChI is InChI=1S/C18H25N3O5S/c1-4-12(3)19-18(23)14-6-5-7-21(14)27(24,25)16-9-15-13(8-11(16)2)20-17(22)10-26-15/h8-9,12,14H,4-7,10H2,1-3H3,(H,19,23)(H,20,22). The van der Waals surface area contributed by atoms with Crippen LogP contribution in [0.1, 0.15) is 38.7 Å². The van der Waals surface area contributed by atoms with Gasteiger partial charge in [-0.3, -0.25) is 9.59 Å². The van der Waals surface area contributed by atoms with Gasteiger partial charge >= 0.3 is 0 Å². The van der Waals surface area contributed by atoms with E-state index in [2.05, 4.69) is 10.6 Å². The Hall–Kier alpha value is -2.13. The second-order valence-electron chi connectivity index (χ2n) is 7.04. The lowest BCUT2D eigenvalue weighted by Crippen LogP contribution is -2.48.